The number of hydrogen-bond donors (Lipinski definition) is 2. The molecule has 0 aromatic carbocycles. The van der Waals surface area contributed by atoms with Crippen molar-refractivity contribution in [3.63, 3.8) is 0 Å². The van der Waals surface area contributed by atoms with Crippen LogP contribution in [0.3, 0.4) is 0 Å². The largest absolute Gasteiger partial charge is 1.00 e. The molecule has 160 valence electrons. The Balaban J connectivity index is 0.00000341. The van der Waals surface area contributed by atoms with Crippen molar-refractivity contribution in [1.29, 1.82) is 0 Å². The Morgan fingerprint density at radius 2 is 2.16 bits per heavy atom. The number of thioether (sulfide) groups is 1. The van der Waals surface area contributed by atoms with Crippen LogP contribution in [0.1, 0.15) is 12.6 Å². The van der Waals surface area contributed by atoms with Gasteiger partial charge in [-0.3, -0.25) is 19.3 Å². The number of carbonyl (C=O) groups is 4. The Morgan fingerprint density at radius 3 is 2.71 bits per heavy atom. The van der Waals surface area contributed by atoms with Crippen molar-refractivity contribution in [2.24, 2.45) is 5.16 Å². The summed E-state index contributed by atoms with van der Waals surface area (Å²) in [5.74, 6) is -3.35. The second kappa shape index (κ2) is 10.5. The first-order chi connectivity index (χ1) is 14.2. The Kier molecular flexibility index (Phi) is 8.48. The molecule has 0 unspecified atom stereocenters. The number of esters is 1. The fourth-order valence-corrected chi connectivity index (χ4v) is 4.75. The summed E-state index contributed by atoms with van der Waals surface area (Å²) < 4.78 is 4.85. The minimum Gasteiger partial charge on any atom is -0.543 e. The van der Waals surface area contributed by atoms with Crippen LogP contribution in [-0.2, 0) is 28.8 Å². The van der Waals surface area contributed by atoms with Gasteiger partial charge in [0.25, 0.3) is 11.8 Å². The van der Waals surface area contributed by atoms with Crippen LogP contribution < -0.4 is 45.7 Å². The van der Waals surface area contributed by atoms with Gasteiger partial charge in [0, 0.05) is 23.6 Å². The van der Waals surface area contributed by atoms with E-state index < -0.39 is 35.2 Å². The summed E-state index contributed by atoms with van der Waals surface area (Å²) in [5, 5.41) is 18.8. The van der Waals surface area contributed by atoms with Crippen molar-refractivity contribution in [1.82, 2.24) is 15.2 Å². The number of anilines is 1. The molecule has 1 aromatic rings. The maximum Gasteiger partial charge on any atom is 1.00 e. The Morgan fingerprint density at radius 1 is 1.45 bits per heavy atom. The maximum absolute atomic E-state index is 12.6. The van der Waals surface area contributed by atoms with E-state index >= 15 is 0 Å². The second-order valence-electron chi connectivity index (χ2n) is 6.07. The minimum atomic E-state index is -1.57. The maximum atomic E-state index is 12.6. The van der Waals surface area contributed by atoms with Gasteiger partial charge in [0.05, 0.1) is 11.7 Å². The Hall–Kier alpha value is -2.13. The molecular formula is C16H16N5NaO7S2. The molecule has 12 nitrogen and oxygen atoms in total. The number of nitrogen functional groups attached to an aromatic ring is 1. The molecule has 3 rings (SSSR count). The van der Waals surface area contributed by atoms with E-state index in [1.165, 1.54) is 31.2 Å². The fourth-order valence-electron chi connectivity index (χ4n) is 2.87. The van der Waals surface area contributed by atoms with E-state index in [0.717, 1.165) is 16.2 Å². The number of nitrogens with zero attached hydrogens (tertiary/aromatic N) is 3. The quantitative estimate of drug-likeness (QED) is 0.127. The van der Waals surface area contributed by atoms with Crippen molar-refractivity contribution in [2.75, 3.05) is 25.2 Å². The number of thiazole rings is 1. The van der Waals surface area contributed by atoms with Crippen molar-refractivity contribution in [2.45, 2.75) is 18.3 Å². The molecule has 1 saturated heterocycles. The smallest absolute Gasteiger partial charge is 0.543 e. The number of β-lactam (4-membered cyclic amide) rings is 1. The van der Waals surface area contributed by atoms with Crippen LogP contribution in [0.4, 0.5) is 5.13 Å². The zero-order valence-electron chi connectivity index (χ0n) is 16.7. The zero-order chi connectivity index (χ0) is 22.0. The summed E-state index contributed by atoms with van der Waals surface area (Å²) in [6.45, 7) is 0.919. The first kappa shape index (κ1) is 25.1. The standard InChI is InChI=1S/C16H17N5O7S2.Na/c1-6(22)28-3-7-4-29-14-10(13(24)21(14)11(7)15(25)26)19-12(23)9(20-27-2)8-5-30-16(17)18-8;/h5,10,14H,3-4H2,1-2H3,(H2,17,18)(H,19,23)(H,25,26);/q;+1/p-1/b20-9-;/t10-,14+;/m0./s1. The second-order valence-corrected chi connectivity index (χ2v) is 8.07. The molecule has 0 radical (unpaired) electrons. The summed E-state index contributed by atoms with van der Waals surface area (Å²) in [5.41, 5.74) is 5.46. The van der Waals surface area contributed by atoms with E-state index in [1.54, 1.807) is 0 Å². The van der Waals surface area contributed by atoms with Gasteiger partial charge in [0.15, 0.2) is 10.8 Å². The number of hydrogen-bond acceptors (Lipinski definition) is 12. The molecule has 3 N–H and O–H groups in total. The van der Waals surface area contributed by atoms with Gasteiger partial charge < -0.3 is 30.5 Å². The average Bonchev–Trinajstić information content (AvgIpc) is 3.13. The van der Waals surface area contributed by atoms with Crippen molar-refractivity contribution in [3.05, 3.63) is 22.3 Å². The first-order valence-corrected chi connectivity index (χ1v) is 10.3. The molecule has 0 aliphatic carbocycles. The summed E-state index contributed by atoms with van der Waals surface area (Å²) in [7, 11) is 1.25. The first-order valence-electron chi connectivity index (χ1n) is 8.39. The Labute approximate surface area is 206 Å². The number of carboxylic acids is 1. The van der Waals surface area contributed by atoms with Crippen molar-refractivity contribution in [3.8, 4) is 0 Å². The van der Waals surface area contributed by atoms with Crippen LogP contribution in [0.15, 0.2) is 21.8 Å². The monoisotopic (exact) mass is 477 g/mol. The van der Waals surface area contributed by atoms with Gasteiger partial charge in [-0.25, -0.2) is 4.98 Å². The van der Waals surface area contributed by atoms with E-state index in [4.69, 9.17) is 10.5 Å². The minimum absolute atomic E-state index is 0. The van der Waals surface area contributed by atoms with Gasteiger partial charge in [-0.2, -0.15) is 0 Å². The van der Waals surface area contributed by atoms with E-state index in [1.807, 2.05) is 0 Å². The number of nitrogens with two attached hydrogens (primary N) is 1. The third kappa shape index (κ3) is 5.20. The molecule has 2 aliphatic rings. The van der Waals surface area contributed by atoms with Gasteiger partial charge in [0.1, 0.15) is 30.8 Å². The zero-order valence-corrected chi connectivity index (χ0v) is 20.4. The van der Waals surface area contributed by atoms with Gasteiger partial charge in [-0.1, -0.05) is 5.16 Å². The summed E-state index contributed by atoms with van der Waals surface area (Å²) in [6.07, 6.45) is 0. The molecule has 31 heavy (non-hydrogen) atoms. The number of amides is 2. The number of fused-ring (bicyclic) bond motifs is 1. The van der Waals surface area contributed by atoms with Crippen molar-refractivity contribution >= 4 is 57.7 Å². The molecule has 0 saturated carbocycles. The molecule has 0 bridgehead atoms. The molecule has 2 atom stereocenters. The molecule has 0 spiro atoms. The van der Waals surface area contributed by atoms with E-state index in [2.05, 4.69) is 20.3 Å². The molecule has 2 amide bonds. The van der Waals surface area contributed by atoms with Gasteiger partial charge in [-0.05, 0) is 0 Å². The number of carboxylic acid groups (broad SMARTS) is 1. The third-order valence-electron chi connectivity index (χ3n) is 4.14. The predicted molar refractivity (Wildman–Crippen MR) is 104 cm³/mol. The molecule has 3 heterocycles. The summed E-state index contributed by atoms with van der Waals surface area (Å²) >= 11 is 2.32. The van der Waals surface area contributed by atoms with Crippen molar-refractivity contribution < 1.29 is 63.4 Å². The van der Waals surface area contributed by atoms with Crippen LogP contribution in [0.25, 0.3) is 0 Å². The number of nitrogens with one attached hydrogen (secondary N) is 1. The number of carbonyl (C=O) groups excluding carboxylic acids is 4. The number of rotatable bonds is 7. The average molecular weight is 477 g/mol. The van der Waals surface area contributed by atoms with Crippen LogP contribution >= 0.6 is 23.1 Å². The number of aromatic nitrogens is 1. The molecular weight excluding hydrogens is 461 g/mol. The molecule has 2 aliphatic heterocycles. The van der Waals surface area contributed by atoms with E-state index in [9.17, 15) is 24.3 Å². The number of aliphatic carboxylic acids is 1. The Bertz CT molecular complexity index is 979. The van der Waals surface area contributed by atoms with Crippen LogP contribution in [0.2, 0.25) is 0 Å². The van der Waals surface area contributed by atoms with Crippen LogP contribution in [0, 0.1) is 0 Å². The van der Waals surface area contributed by atoms with Crippen LogP contribution in [-0.4, -0.2) is 70.2 Å². The van der Waals surface area contributed by atoms with E-state index in [-0.39, 0.29) is 69.7 Å². The normalized spacial score (nSPS) is 20.3. The summed E-state index contributed by atoms with van der Waals surface area (Å²) in [6, 6.07) is -0.995. The molecule has 1 fully saturated rings. The number of oxime groups is 1. The van der Waals surface area contributed by atoms with Gasteiger partial charge in [-0.15, -0.1) is 23.1 Å². The topological polar surface area (TPSA) is 176 Å². The molecule has 1 aromatic heterocycles. The number of ether oxygens (including phenoxy) is 1. The van der Waals surface area contributed by atoms with Gasteiger partial charge in [0.2, 0.25) is 0 Å². The third-order valence-corrected chi connectivity index (χ3v) is 6.15. The fraction of sp³-hybridized carbons (Fsp3) is 0.375. The van der Waals surface area contributed by atoms with E-state index in [0.29, 0.717) is 0 Å². The van der Waals surface area contributed by atoms with Gasteiger partial charge >= 0.3 is 35.5 Å². The predicted octanol–water partition coefficient (Wildman–Crippen LogP) is -4.95. The molecule has 15 heteroatoms. The summed E-state index contributed by atoms with van der Waals surface area (Å²) in [4.78, 5) is 57.5. The SMILES string of the molecule is CO/N=C(\C(=O)N[C@H]1C(=O)N2C(C(=O)[O-])=C(COC(C)=O)CS[C@H]12)c1csc(N)n1.[Na+]. The van der Waals surface area contributed by atoms with Crippen LogP contribution in [0.5, 0.6) is 0 Å².